The molecule has 2 N–H and O–H groups in total. The van der Waals surface area contributed by atoms with Gasteiger partial charge in [0.15, 0.2) is 0 Å². The van der Waals surface area contributed by atoms with Gasteiger partial charge in [0.1, 0.15) is 5.65 Å². The second kappa shape index (κ2) is 7.14. The van der Waals surface area contributed by atoms with Gasteiger partial charge in [0.25, 0.3) is 0 Å². The molecular formula is C17H21ClN6O2S. The van der Waals surface area contributed by atoms with Crippen molar-refractivity contribution in [3.8, 4) is 0 Å². The van der Waals surface area contributed by atoms with E-state index in [-0.39, 0.29) is 5.92 Å². The maximum Gasteiger partial charge on any atom is 0.229 e. The average molecular weight is 409 g/mol. The lowest BCUT2D eigenvalue weighted by atomic mass is 9.94. The Hall–Kier alpha value is -2.10. The molecular weight excluding hydrogens is 388 g/mol. The van der Waals surface area contributed by atoms with Crippen molar-refractivity contribution in [2.75, 3.05) is 24.1 Å². The lowest BCUT2D eigenvalue weighted by Gasteiger charge is -2.32. The van der Waals surface area contributed by atoms with Crippen molar-refractivity contribution < 1.29 is 8.42 Å². The van der Waals surface area contributed by atoms with Crippen molar-refractivity contribution in [2.45, 2.75) is 25.3 Å². The van der Waals surface area contributed by atoms with Crippen LogP contribution in [0.25, 0.3) is 5.65 Å². The van der Waals surface area contributed by atoms with Crippen molar-refractivity contribution in [1.29, 1.82) is 0 Å². The minimum absolute atomic E-state index is 0.192. The van der Waals surface area contributed by atoms with Gasteiger partial charge in [0, 0.05) is 31.4 Å². The van der Waals surface area contributed by atoms with Gasteiger partial charge in [-0.1, -0.05) is 11.6 Å². The fourth-order valence-electron chi connectivity index (χ4n) is 3.65. The largest absolute Gasteiger partial charge is 0.305 e. The summed E-state index contributed by atoms with van der Waals surface area (Å²) in [5, 5.41) is 7.68. The first kappa shape index (κ1) is 18.3. The minimum atomic E-state index is -3.34. The molecule has 0 amide bonds. The second-order valence-electron chi connectivity index (χ2n) is 6.99. The molecule has 3 aromatic rings. The second-order valence-corrected chi connectivity index (χ2v) is 9.18. The third-order valence-electron chi connectivity index (χ3n) is 4.73. The molecule has 0 spiro atoms. The molecule has 8 nitrogen and oxygen atoms in total. The van der Waals surface area contributed by atoms with Crippen molar-refractivity contribution in [1.82, 2.24) is 24.5 Å². The van der Waals surface area contributed by atoms with E-state index in [4.69, 9.17) is 11.6 Å². The summed E-state index contributed by atoms with van der Waals surface area (Å²) in [7, 11) is -3.34. The number of hydrogen-bond acceptors (Lipinski definition) is 5. The minimum Gasteiger partial charge on any atom is -0.305 e. The first-order chi connectivity index (χ1) is 12.9. The van der Waals surface area contributed by atoms with Gasteiger partial charge < -0.3 is 4.40 Å². The number of hydrogen-bond donors (Lipinski definition) is 2. The molecule has 0 radical (unpaired) electrons. The highest BCUT2D eigenvalue weighted by atomic mass is 35.5. The van der Waals surface area contributed by atoms with Crippen LogP contribution >= 0.6 is 11.6 Å². The summed E-state index contributed by atoms with van der Waals surface area (Å²) in [6, 6.07) is 3.73. The summed E-state index contributed by atoms with van der Waals surface area (Å²) >= 11 is 6.04. The summed E-state index contributed by atoms with van der Waals surface area (Å²) in [6.07, 6.45) is 8.53. The average Bonchev–Trinajstić information content (AvgIpc) is 3.19. The number of anilines is 1. The van der Waals surface area contributed by atoms with E-state index in [2.05, 4.69) is 24.8 Å². The van der Waals surface area contributed by atoms with Crippen molar-refractivity contribution in [3.63, 3.8) is 0 Å². The molecule has 1 fully saturated rings. The van der Waals surface area contributed by atoms with Crippen molar-refractivity contribution >= 4 is 33.0 Å². The summed E-state index contributed by atoms with van der Waals surface area (Å²) in [5.74, 6) is 0.192. The Bertz CT molecular complexity index is 1060. The Kier molecular flexibility index (Phi) is 4.83. The van der Waals surface area contributed by atoms with Crippen molar-refractivity contribution in [2.24, 2.45) is 0 Å². The van der Waals surface area contributed by atoms with Crippen LogP contribution in [0.2, 0.25) is 5.02 Å². The van der Waals surface area contributed by atoms with Gasteiger partial charge in [-0.25, -0.2) is 13.4 Å². The van der Waals surface area contributed by atoms with E-state index in [0.717, 1.165) is 55.8 Å². The number of nitrogens with one attached hydrogen (secondary N) is 2. The van der Waals surface area contributed by atoms with Crippen molar-refractivity contribution in [3.05, 3.63) is 47.1 Å². The summed E-state index contributed by atoms with van der Waals surface area (Å²) in [6.45, 7) is 2.53. The van der Waals surface area contributed by atoms with Crippen LogP contribution in [0.4, 0.5) is 5.69 Å². The Morgan fingerprint density at radius 2 is 2.22 bits per heavy atom. The quantitative estimate of drug-likeness (QED) is 0.676. The van der Waals surface area contributed by atoms with Crippen LogP contribution in [0.3, 0.4) is 0 Å². The van der Waals surface area contributed by atoms with Crippen LogP contribution < -0.4 is 4.72 Å². The van der Waals surface area contributed by atoms with E-state index in [9.17, 15) is 8.42 Å². The first-order valence-corrected chi connectivity index (χ1v) is 11.0. The lowest BCUT2D eigenvalue weighted by molar-refractivity contribution is 0.197. The predicted molar refractivity (Wildman–Crippen MR) is 105 cm³/mol. The Morgan fingerprint density at radius 1 is 1.37 bits per heavy atom. The zero-order valence-corrected chi connectivity index (χ0v) is 16.5. The molecule has 0 unspecified atom stereocenters. The summed E-state index contributed by atoms with van der Waals surface area (Å²) in [4.78, 5) is 6.99. The standard InChI is InChI=1S/C17H21ClN6O2S/c1-27(25,26)22-15-7-19-21-17(15)12-3-2-6-23(8-12)10-14-11-24-9-13(18)4-5-16(24)20-14/h4-5,7,9,11-12,22H,2-3,6,8,10H2,1H3,(H,19,21)/t12-/m1/s1. The Labute approximate surface area is 162 Å². The number of piperidine rings is 1. The molecule has 27 heavy (non-hydrogen) atoms. The van der Waals surface area contributed by atoms with Gasteiger partial charge in [0.2, 0.25) is 10.0 Å². The fraction of sp³-hybridized carbons (Fsp3) is 0.412. The van der Waals surface area contributed by atoms with E-state index in [0.29, 0.717) is 10.7 Å². The van der Waals surface area contributed by atoms with Crippen LogP contribution in [-0.2, 0) is 16.6 Å². The normalized spacial score (nSPS) is 18.8. The number of halogens is 1. The maximum atomic E-state index is 11.6. The van der Waals surface area contributed by atoms with E-state index in [1.807, 2.05) is 28.9 Å². The van der Waals surface area contributed by atoms with E-state index in [1.165, 1.54) is 6.20 Å². The van der Waals surface area contributed by atoms with Crippen LogP contribution in [-0.4, -0.2) is 52.2 Å². The van der Waals surface area contributed by atoms with Gasteiger partial charge in [-0.3, -0.25) is 14.7 Å². The Morgan fingerprint density at radius 3 is 3.04 bits per heavy atom. The fourth-order valence-corrected chi connectivity index (χ4v) is 4.38. The molecule has 10 heteroatoms. The first-order valence-electron chi connectivity index (χ1n) is 8.74. The van der Waals surface area contributed by atoms with Gasteiger partial charge in [-0.2, -0.15) is 5.10 Å². The third-order valence-corrected chi connectivity index (χ3v) is 5.54. The van der Waals surface area contributed by atoms with E-state index < -0.39 is 10.0 Å². The monoisotopic (exact) mass is 408 g/mol. The van der Waals surface area contributed by atoms with Crippen LogP contribution in [0, 0.1) is 0 Å². The number of fused-ring (bicyclic) bond motifs is 1. The summed E-state index contributed by atoms with van der Waals surface area (Å²) < 4.78 is 27.6. The smallest absolute Gasteiger partial charge is 0.229 e. The molecule has 3 aromatic heterocycles. The molecule has 4 rings (SSSR count). The number of aromatic amines is 1. The summed E-state index contributed by atoms with van der Waals surface area (Å²) in [5.41, 5.74) is 3.23. The van der Waals surface area contributed by atoms with Gasteiger partial charge >= 0.3 is 0 Å². The SMILES string of the molecule is CS(=O)(=O)Nc1cn[nH]c1[C@@H]1CCCN(Cc2cn3cc(Cl)ccc3n2)C1. The zero-order chi connectivity index (χ0) is 19.0. The van der Waals surface area contributed by atoms with E-state index in [1.54, 1.807) is 0 Å². The molecule has 1 aliphatic rings. The highest BCUT2D eigenvalue weighted by molar-refractivity contribution is 7.92. The number of likely N-dealkylation sites (tertiary alicyclic amines) is 1. The lowest BCUT2D eigenvalue weighted by Crippen LogP contribution is -2.34. The maximum absolute atomic E-state index is 11.6. The molecule has 1 saturated heterocycles. The molecule has 0 aromatic carbocycles. The highest BCUT2D eigenvalue weighted by Gasteiger charge is 2.26. The molecule has 0 bridgehead atoms. The number of sulfonamides is 1. The molecule has 1 atom stereocenters. The zero-order valence-electron chi connectivity index (χ0n) is 14.9. The number of rotatable bonds is 5. The number of imidazole rings is 1. The molecule has 0 aliphatic carbocycles. The number of aromatic nitrogens is 4. The predicted octanol–water partition coefficient (Wildman–Crippen LogP) is 2.46. The Balaban J connectivity index is 1.49. The number of pyridine rings is 1. The molecule has 0 saturated carbocycles. The van der Waals surface area contributed by atoms with Gasteiger partial charge in [-0.15, -0.1) is 0 Å². The van der Waals surface area contributed by atoms with Crippen LogP contribution in [0.5, 0.6) is 0 Å². The third kappa shape index (κ3) is 4.26. The molecule has 4 heterocycles. The van der Waals surface area contributed by atoms with Gasteiger partial charge in [0.05, 0.1) is 34.6 Å². The van der Waals surface area contributed by atoms with Gasteiger partial charge in [-0.05, 0) is 31.5 Å². The topological polar surface area (TPSA) is 95.4 Å². The number of nitrogens with zero attached hydrogens (tertiary/aromatic N) is 4. The van der Waals surface area contributed by atoms with Crippen LogP contribution in [0.1, 0.15) is 30.1 Å². The highest BCUT2D eigenvalue weighted by Crippen LogP contribution is 2.31. The van der Waals surface area contributed by atoms with Crippen LogP contribution in [0.15, 0.2) is 30.7 Å². The van der Waals surface area contributed by atoms with E-state index >= 15 is 0 Å². The number of H-pyrrole nitrogens is 1. The molecule has 144 valence electrons. The molecule has 1 aliphatic heterocycles.